The summed E-state index contributed by atoms with van der Waals surface area (Å²) in [6.45, 7) is 0.300. The Kier molecular flexibility index (Phi) is 4.14. The third-order valence-electron chi connectivity index (χ3n) is 2.83. The fourth-order valence-corrected chi connectivity index (χ4v) is 1.88. The number of para-hydroxylation sites is 2. The largest absolute Gasteiger partial charge is 0.496 e. The van der Waals surface area contributed by atoms with Crippen molar-refractivity contribution in [2.45, 2.75) is 6.54 Å². The van der Waals surface area contributed by atoms with Crippen molar-refractivity contribution in [3.05, 3.63) is 64.0 Å². The molecule has 0 atom stereocenters. The lowest BCUT2D eigenvalue weighted by molar-refractivity contribution is -0.386. The van der Waals surface area contributed by atoms with Crippen LogP contribution in [0.3, 0.4) is 0 Å². The molecule has 0 saturated heterocycles. The predicted octanol–water partition coefficient (Wildman–Crippen LogP) is 3.35. The van der Waals surface area contributed by atoms with Crippen LogP contribution in [0.25, 0.3) is 0 Å². The van der Waals surface area contributed by atoms with Gasteiger partial charge >= 0.3 is 5.69 Å². The predicted molar refractivity (Wildman–Crippen MR) is 73.4 cm³/mol. The Morgan fingerprint density at radius 2 is 2.00 bits per heavy atom. The molecule has 1 N–H and O–H groups in total. The molecule has 0 aliphatic heterocycles. The summed E-state index contributed by atoms with van der Waals surface area (Å²) < 4.78 is 18.7. The van der Waals surface area contributed by atoms with E-state index in [1.807, 2.05) is 18.2 Å². The molecular weight excluding hydrogens is 263 g/mol. The van der Waals surface area contributed by atoms with Crippen molar-refractivity contribution in [1.29, 1.82) is 0 Å². The Labute approximate surface area is 115 Å². The summed E-state index contributed by atoms with van der Waals surface area (Å²) in [5.41, 5.74) is 0.414. The van der Waals surface area contributed by atoms with Gasteiger partial charge in [-0.25, -0.2) is 0 Å². The SMILES string of the molecule is COc1ccccc1CNc1cccc(F)c1[N+](=O)[O-]. The van der Waals surface area contributed by atoms with Crippen LogP contribution >= 0.6 is 0 Å². The fourth-order valence-electron chi connectivity index (χ4n) is 1.88. The monoisotopic (exact) mass is 276 g/mol. The van der Waals surface area contributed by atoms with Gasteiger partial charge in [-0.3, -0.25) is 10.1 Å². The van der Waals surface area contributed by atoms with Crippen molar-refractivity contribution in [2.75, 3.05) is 12.4 Å². The van der Waals surface area contributed by atoms with Gasteiger partial charge in [0.2, 0.25) is 5.82 Å². The van der Waals surface area contributed by atoms with Crippen LogP contribution in [0.1, 0.15) is 5.56 Å². The molecule has 20 heavy (non-hydrogen) atoms. The first kappa shape index (κ1) is 13.8. The van der Waals surface area contributed by atoms with E-state index in [1.54, 1.807) is 13.2 Å². The van der Waals surface area contributed by atoms with Crippen molar-refractivity contribution in [1.82, 2.24) is 0 Å². The Morgan fingerprint density at radius 3 is 2.70 bits per heavy atom. The Hall–Kier alpha value is -2.63. The smallest absolute Gasteiger partial charge is 0.327 e. The molecule has 0 aliphatic rings. The van der Waals surface area contributed by atoms with E-state index in [4.69, 9.17) is 4.74 Å². The highest BCUT2D eigenvalue weighted by atomic mass is 19.1. The fraction of sp³-hybridized carbons (Fsp3) is 0.143. The van der Waals surface area contributed by atoms with E-state index in [2.05, 4.69) is 5.32 Å². The first-order chi connectivity index (χ1) is 9.63. The van der Waals surface area contributed by atoms with E-state index in [9.17, 15) is 14.5 Å². The molecule has 6 heteroatoms. The summed E-state index contributed by atoms with van der Waals surface area (Å²) in [7, 11) is 1.55. The highest BCUT2D eigenvalue weighted by molar-refractivity contribution is 5.62. The molecule has 104 valence electrons. The van der Waals surface area contributed by atoms with Gasteiger partial charge < -0.3 is 10.1 Å². The number of hydrogen-bond acceptors (Lipinski definition) is 4. The second kappa shape index (κ2) is 6.01. The van der Waals surface area contributed by atoms with Crippen LogP contribution in [0.15, 0.2) is 42.5 Å². The molecule has 0 amide bonds. The molecule has 0 spiro atoms. The molecule has 0 fully saturated rings. The lowest BCUT2D eigenvalue weighted by Crippen LogP contribution is -2.05. The molecule has 2 aromatic carbocycles. The van der Waals surface area contributed by atoms with Crippen LogP contribution in [0, 0.1) is 15.9 Å². The standard InChI is InChI=1S/C14H13FN2O3/c1-20-13-8-3-2-5-10(13)9-16-12-7-4-6-11(15)14(12)17(18)19/h2-8,16H,9H2,1H3. The molecule has 5 nitrogen and oxygen atoms in total. The second-order valence-corrected chi connectivity index (χ2v) is 4.06. The topological polar surface area (TPSA) is 64.4 Å². The third kappa shape index (κ3) is 2.85. The van der Waals surface area contributed by atoms with E-state index in [-0.39, 0.29) is 5.69 Å². The van der Waals surface area contributed by atoms with Gasteiger partial charge in [0.1, 0.15) is 11.4 Å². The Balaban J connectivity index is 2.23. The summed E-state index contributed by atoms with van der Waals surface area (Å²) in [6, 6.07) is 11.2. The Bertz CT molecular complexity index is 632. The zero-order chi connectivity index (χ0) is 14.5. The summed E-state index contributed by atoms with van der Waals surface area (Å²) in [4.78, 5) is 10.1. The molecule has 2 aromatic rings. The number of ether oxygens (including phenoxy) is 1. The zero-order valence-electron chi connectivity index (χ0n) is 10.8. The molecule has 0 saturated carbocycles. The van der Waals surface area contributed by atoms with Gasteiger partial charge in [0.15, 0.2) is 0 Å². The van der Waals surface area contributed by atoms with Crippen LogP contribution in [0.4, 0.5) is 15.8 Å². The molecule has 0 unspecified atom stereocenters. The van der Waals surface area contributed by atoms with Gasteiger partial charge in [-0.15, -0.1) is 0 Å². The highest BCUT2D eigenvalue weighted by Gasteiger charge is 2.19. The zero-order valence-corrected chi connectivity index (χ0v) is 10.8. The second-order valence-electron chi connectivity index (χ2n) is 4.06. The quantitative estimate of drug-likeness (QED) is 0.671. The minimum absolute atomic E-state index is 0.140. The lowest BCUT2D eigenvalue weighted by Gasteiger charge is -2.10. The van der Waals surface area contributed by atoms with Crippen molar-refractivity contribution in [3.8, 4) is 5.75 Å². The average Bonchev–Trinajstić information content (AvgIpc) is 2.45. The maximum absolute atomic E-state index is 13.5. The van der Waals surface area contributed by atoms with Crippen LogP contribution in [0.5, 0.6) is 5.75 Å². The van der Waals surface area contributed by atoms with E-state index in [0.717, 1.165) is 11.6 Å². The van der Waals surface area contributed by atoms with Crippen molar-refractivity contribution >= 4 is 11.4 Å². The van der Waals surface area contributed by atoms with E-state index in [0.29, 0.717) is 12.3 Å². The number of nitro groups is 1. The van der Waals surface area contributed by atoms with Crippen LogP contribution < -0.4 is 10.1 Å². The van der Waals surface area contributed by atoms with Crippen LogP contribution in [0.2, 0.25) is 0 Å². The maximum Gasteiger partial charge on any atom is 0.327 e. The van der Waals surface area contributed by atoms with Gasteiger partial charge in [-0.1, -0.05) is 24.3 Å². The Morgan fingerprint density at radius 1 is 1.25 bits per heavy atom. The molecule has 0 aliphatic carbocycles. The number of rotatable bonds is 5. The van der Waals surface area contributed by atoms with Gasteiger partial charge in [0.25, 0.3) is 0 Å². The minimum Gasteiger partial charge on any atom is -0.496 e. The van der Waals surface area contributed by atoms with Gasteiger partial charge in [0.05, 0.1) is 12.0 Å². The normalized spacial score (nSPS) is 10.1. The number of hydrogen-bond donors (Lipinski definition) is 1. The van der Waals surface area contributed by atoms with Crippen molar-refractivity contribution in [2.24, 2.45) is 0 Å². The number of nitrogens with one attached hydrogen (secondary N) is 1. The van der Waals surface area contributed by atoms with Gasteiger partial charge in [-0.05, 0) is 18.2 Å². The number of halogens is 1. The molecule has 0 radical (unpaired) electrons. The molecular formula is C14H13FN2O3. The summed E-state index contributed by atoms with van der Waals surface area (Å²) >= 11 is 0. The third-order valence-corrected chi connectivity index (χ3v) is 2.83. The van der Waals surface area contributed by atoms with Gasteiger partial charge in [-0.2, -0.15) is 4.39 Å². The number of nitrogens with zero attached hydrogens (tertiary/aromatic N) is 1. The summed E-state index contributed by atoms with van der Waals surface area (Å²) in [6.07, 6.45) is 0. The van der Waals surface area contributed by atoms with Crippen molar-refractivity contribution < 1.29 is 14.1 Å². The van der Waals surface area contributed by atoms with Crippen molar-refractivity contribution in [3.63, 3.8) is 0 Å². The number of anilines is 1. The first-order valence-electron chi connectivity index (χ1n) is 5.92. The van der Waals surface area contributed by atoms with Crippen LogP contribution in [-0.2, 0) is 6.54 Å². The first-order valence-corrected chi connectivity index (χ1v) is 5.92. The molecule has 0 bridgehead atoms. The molecule has 0 aromatic heterocycles. The summed E-state index contributed by atoms with van der Waals surface area (Å²) in [5, 5.41) is 13.7. The van der Waals surface area contributed by atoms with E-state index in [1.165, 1.54) is 12.1 Å². The van der Waals surface area contributed by atoms with E-state index < -0.39 is 16.4 Å². The number of nitro benzene ring substituents is 1. The lowest BCUT2D eigenvalue weighted by atomic mass is 10.2. The number of benzene rings is 2. The maximum atomic E-state index is 13.5. The highest BCUT2D eigenvalue weighted by Crippen LogP contribution is 2.28. The van der Waals surface area contributed by atoms with Gasteiger partial charge in [0, 0.05) is 12.1 Å². The molecule has 0 heterocycles. The van der Waals surface area contributed by atoms with Crippen LogP contribution in [-0.4, -0.2) is 12.0 Å². The summed E-state index contributed by atoms with van der Waals surface area (Å²) in [5.74, 6) is -0.195. The minimum atomic E-state index is -0.861. The average molecular weight is 276 g/mol. The number of methoxy groups -OCH3 is 1. The van der Waals surface area contributed by atoms with E-state index >= 15 is 0 Å². The molecule has 2 rings (SSSR count).